The molecule has 1 N–H and O–H groups in total. The Bertz CT molecular complexity index is 499. The molecule has 0 spiro atoms. The van der Waals surface area contributed by atoms with Gasteiger partial charge in [-0.05, 0) is 24.6 Å². The lowest BCUT2D eigenvalue weighted by Gasteiger charge is -2.32. The van der Waals surface area contributed by atoms with Gasteiger partial charge in [0.1, 0.15) is 0 Å². The largest absolute Gasteiger partial charge is 0.314 e. The van der Waals surface area contributed by atoms with Gasteiger partial charge in [-0.15, -0.1) is 0 Å². The molecule has 3 rings (SSSR count). The summed E-state index contributed by atoms with van der Waals surface area (Å²) >= 11 is 0. The zero-order chi connectivity index (χ0) is 11.7. The lowest BCUT2D eigenvalue weighted by atomic mass is 10.1. The van der Waals surface area contributed by atoms with E-state index in [9.17, 15) is 0 Å². The van der Waals surface area contributed by atoms with Gasteiger partial charge in [-0.2, -0.15) is 5.10 Å². The summed E-state index contributed by atoms with van der Waals surface area (Å²) in [5.74, 6) is 0. The Hall–Kier alpha value is -1.39. The van der Waals surface area contributed by atoms with Crippen molar-refractivity contribution in [2.45, 2.75) is 13.0 Å². The van der Waals surface area contributed by atoms with Gasteiger partial charge in [-0.25, -0.2) is 4.52 Å². The van der Waals surface area contributed by atoms with Crippen LogP contribution in [0.1, 0.15) is 18.5 Å². The van der Waals surface area contributed by atoms with Gasteiger partial charge in [-0.1, -0.05) is 6.07 Å². The van der Waals surface area contributed by atoms with Gasteiger partial charge >= 0.3 is 0 Å². The van der Waals surface area contributed by atoms with E-state index >= 15 is 0 Å². The molecule has 1 saturated heterocycles. The Morgan fingerprint density at radius 3 is 2.88 bits per heavy atom. The molecule has 2 aromatic heterocycles. The second-order valence-corrected chi connectivity index (χ2v) is 4.63. The maximum Gasteiger partial charge on any atom is 0.0661 e. The average Bonchev–Trinajstić information content (AvgIpc) is 2.86. The maximum atomic E-state index is 4.29. The normalized spacial score (nSPS) is 19.6. The first-order valence-corrected chi connectivity index (χ1v) is 6.23. The minimum absolute atomic E-state index is 0.464. The summed E-state index contributed by atoms with van der Waals surface area (Å²) in [5.41, 5.74) is 2.49. The van der Waals surface area contributed by atoms with Gasteiger partial charge in [0, 0.05) is 44.6 Å². The van der Waals surface area contributed by atoms with Crippen LogP contribution in [0, 0.1) is 0 Å². The van der Waals surface area contributed by atoms with Crippen LogP contribution in [0.3, 0.4) is 0 Å². The van der Waals surface area contributed by atoms with E-state index in [1.54, 1.807) is 0 Å². The summed E-state index contributed by atoms with van der Waals surface area (Å²) in [6.07, 6.45) is 3.98. The zero-order valence-corrected chi connectivity index (χ0v) is 10.1. The van der Waals surface area contributed by atoms with Crippen molar-refractivity contribution in [2.75, 3.05) is 26.2 Å². The van der Waals surface area contributed by atoms with Crippen molar-refractivity contribution < 1.29 is 0 Å². The molecule has 1 unspecified atom stereocenters. The first kappa shape index (κ1) is 10.7. The van der Waals surface area contributed by atoms with Crippen LogP contribution in [-0.4, -0.2) is 40.7 Å². The molecular weight excluding hydrogens is 212 g/mol. The van der Waals surface area contributed by atoms with Crippen molar-refractivity contribution in [1.29, 1.82) is 0 Å². The topological polar surface area (TPSA) is 32.6 Å². The fraction of sp³-hybridized carbons (Fsp3) is 0.462. The van der Waals surface area contributed by atoms with Gasteiger partial charge in [0.15, 0.2) is 0 Å². The summed E-state index contributed by atoms with van der Waals surface area (Å²) in [7, 11) is 0. The Morgan fingerprint density at radius 1 is 1.24 bits per heavy atom. The molecule has 0 radical (unpaired) electrons. The van der Waals surface area contributed by atoms with Crippen LogP contribution in [-0.2, 0) is 0 Å². The molecule has 0 aliphatic carbocycles. The van der Waals surface area contributed by atoms with E-state index in [1.165, 1.54) is 5.56 Å². The van der Waals surface area contributed by atoms with E-state index in [2.05, 4.69) is 40.6 Å². The number of piperazine rings is 1. The Kier molecular flexibility index (Phi) is 2.82. The average molecular weight is 230 g/mol. The van der Waals surface area contributed by atoms with E-state index in [-0.39, 0.29) is 0 Å². The standard InChI is InChI=1S/C13H18N4/c1-11(16-8-6-14-7-9-16)12-2-3-13-4-5-15-17(13)10-12/h2-5,10-11,14H,6-9H2,1H3. The van der Waals surface area contributed by atoms with Crippen molar-refractivity contribution in [1.82, 2.24) is 19.8 Å². The number of aromatic nitrogens is 2. The number of fused-ring (bicyclic) bond motifs is 1. The lowest BCUT2D eigenvalue weighted by Crippen LogP contribution is -2.44. The Balaban J connectivity index is 1.86. The molecule has 2 aromatic rings. The molecule has 3 heterocycles. The van der Waals surface area contributed by atoms with Crippen LogP contribution in [0.25, 0.3) is 5.52 Å². The zero-order valence-electron chi connectivity index (χ0n) is 10.1. The molecule has 4 nitrogen and oxygen atoms in total. The van der Waals surface area contributed by atoms with Crippen LogP contribution < -0.4 is 5.32 Å². The third-order valence-corrected chi connectivity index (χ3v) is 3.60. The fourth-order valence-electron chi connectivity index (χ4n) is 2.46. The fourth-order valence-corrected chi connectivity index (χ4v) is 2.46. The van der Waals surface area contributed by atoms with E-state index in [0.717, 1.165) is 31.7 Å². The van der Waals surface area contributed by atoms with Crippen molar-refractivity contribution >= 4 is 5.52 Å². The van der Waals surface area contributed by atoms with Gasteiger partial charge in [0.2, 0.25) is 0 Å². The van der Waals surface area contributed by atoms with Crippen LogP contribution in [0.4, 0.5) is 0 Å². The number of hydrogen-bond acceptors (Lipinski definition) is 3. The molecule has 17 heavy (non-hydrogen) atoms. The molecule has 0 aromatic carbocycles. The first-order valence-electron chi connectivity index (χ1n) is 6.23. The van der Waals surface area contributed by atoms with Crippen LogP contribution in [0.15, 0.2) is 30.6 Å². The third kappa shape index (κ3) is 2.06. The Morgan fingerprint density at radius 2 is 2.06 bits per heavy atom. The molecular formula is C13H18N4. The van der Waals surface area contributed by atoms with Gasteiger partial charge in [0.25, 0.3) is 0 Å². The molecule has 1 fully saturated rings. The quantitative estimate of drug-likeness (QED) is 0.844. The SMILES string of the molecule is CC(c1ccc2ccnn2c1)N1CCNCC1. The predicted octanol–water partition coefficient (Wildman–Crippen LogP) is 1.30. The van der Waals surface area contributed by atoms with Gasteiger partial charge in [0.05, 0.1) is 5.52 Å². The second-order valence-electron chi connectivity index (χ2n) is 4.63. The molecule has 0 amide bonds. The number of pyridine rings is 1. The van der Waals surface area contributed by atoms with Gasteiger partial charge in [-0.3, -0.25) is 4.90 Å². The minimum atomic E-state index is 0.464. The number of hydrogen-bond donors (Lipinski definition) is 1. The minimum Gasteiger partial charge on any atom is -0.314 e. The molecule has 90 valence electrons. The highest BCUT2D eigenvalue weighted by Gasteiger charge is 2.18. The van der Waals surface area contributed by atoms with Crippen LogP contribution in [0.2, 0.25) is 0 Å². The monoisotopic (exact) mass is 230 g/mol. The highest BCUT2D eigenvalue weighted by molar-refractivity contribution is 5.46. The van der Waals surface area contributed by atoms with E-state index in [1.807, 2.05) is 16.8 Å². The molecule has 1 atom stereocenters. The van der Waals surface area contributed by atoms with E-state index in [4.69, 9.17) is 0 Å². The summed E-state index contributed by atoms with van der Waals surface area (Å²) in [6.45, 7) is 6.70. The smallest absolute Gasteiger partial charge is 0.0661 e. The van der Waals surface area contributed by atoms with Crippen molar-refractivity contribution in [3.8, 4) is 0 Å². The van der Waals surface area contributed by atoms with Gasteiger partial charge < -0.3 is 5.32 Å². The second kappa shape index (κ2) is 4.47. The highest BCUT2D eigenvalue weighted by atomic mass is 15.2. The number of nitrogens with one attached hydrogen (secondary N) is 1. The number of rotatable bonds is 2. The molecule has 4 heteroatoms. The molecule has 1 aliphatic rings. The van der Waals surface area contributed by atoms with E-state index in [0.29, 0.717) is 6.04 Å². The number of nitrogens with zero attached hydrogens (tertiary/aromatic N) is 3. The van der Waals surface area contributed by atoms with Crippen molar-refractivity contribution in [3.63, 3.8) is 0 Å². The summed E-state index contributed by atoms with van der Waals surface area (Å²) < 4.78 is 1.95. The molecule has 1 aliphatic heterocycles. The highest BCUT2D eigenvalue weighted by Crippen LogP contribution is 2.20. The van der Waals surface area contributed by atoms with E-state index < -0.39 is 0 Å². The van der Waals surface area contributed by atoms with Crippen molar-refractivity contribution in [3.05, 3.63) is 36.2 Å². The lowest BCUT2D eigenvalue weighted by molar-refractivity contribution is 0.185. The van der Waals surface area contributed by atoms with Crippen molar-refractivity contribution in [2.24, 2.45) is 0 Å². The summed E-state index contributed by atoms with van der Waals surface area (Å²) in [4.78, 5) is 2.52. The predicted molar refractivity (Wildman–Crippen MR) is 68.0 cm³/mol. The van der Waals surface area contributed by atoms with Crippen LogP contribution >= 0.6 is 0 Å². The maximum absolute atomic E-state index is 4.29. The summed E-state index contributed by atoms with van der Waals surface area (Å²) in [5, 5.41) is 7.68. The molecule has 0 bridgehead atoms. The first-order chi connectivity index (χ1) is 8.34. The van der Waals surface area contributed by atoms with Crippen LogP contribution in [0.5, 0.6) is 0 Å². The third-order valence-electron chi connectivity index (χ3n) is 3.60. The summed E-state index contributed by atoms with van der Waals surface area (Å²) in [6, 6.07) is 6.84. The molecule has 0 saturated carbocycles. The Labute approximate surface area is 101 Å².